The molecule has 32 heavy (non-hydrogen) atoms. The SMILES string of the molecule is Cc1cccc(N2CCN(C(=O)CN3CCCN(Cc4ccc(C#N)cc4)CC3)CC2)c1. The third-order valence-electron chi connectivity index (χ3n) is 6.53. The van der Waals surface area contributed by atoms with Gasteiger partial charge in [0.2, 0.25) is 5.91 Å². The van der Waals surface area contributed by atoms with Crippen LogP contribution in [-0.4, -0.2) is 79.5 Å². The number of benzene rings is 2. The average Bonchev–Trinajstić information content (AvgIpc) is 3.04. The fourth-order valence-corrected chi connectivity index (χ4v) is 4.61. The molecular formula is C26H33N5O. The highest BCUT2D eigenvalue weighted by molar-refractivity contribution is 5.78. The van der Waals surface area contributed by atoms with E-state index in [1.807, 2.05) is 29.2 Å². The lowest BCUT2D eigenvalue weighted by Crippen LogP contribution is -2.51. The van der Waals surface area contributed by atoms with Crippen molar-refractivity contribution in [3.63, 3.8) is 0 Å². The molecule has 1 amide bonds. The van der Waals surface area contributed by atoms with Gasteiger partial charge >= 0.3 is 0 Å². The Morgan fingerprint density at radius 2 is 1.62 bits per heavy atom. The molecule has 2 fully saturated rings. The van der Waals surface area contributed by atoms with Crippen LogP contribution in [0.2, 0.25) is 0 Å². The van der Waals surface area contributed by atoms with Gasteiger partial charge in [0, 0.05) is 51.5 Å². The van der Waals surface area contributed by atoms with E-state index < -0.39 is 0 Å². The van der Waals surface area contributed by atoms with E-state index in [4.69, 9.17) is 5.26 Å². The van der Waals surface area contributed by atoms with E-state index >= 15 is 0 Å². The van der Waals surface area contributed by atoms with Gasteiger partial charge in [0.25, 0.3) is 0 Å². The molecular weight excluding hydrogens is 398 g/mol. The van der Waals surface area contributed by atoms with Gasteiger partial charge in [-0.3, -0.25) is 14.6 Å². The number of carbonyl (C=O) groups is 1. The fraction of sp³-hybridized carbons (Fsp3) is 0.462. The van der Waals surface area contributed by atoms with Crippen LogP contribution in [0, 0.1) is 18.3 Å². The molecule has 0 unspecified atom stereocenters. The summed E-state index contributed by atoms with van der Waals surface area (Å²) in [5.74, 6) is 0.259. The van der Waals surface area contributed by atoms with Crippen molar-refractivity contribution in [3.05, 3.63) is 65.2 Å². The van der Waals surface area contributed by atoms with Gasteiger partial charge in [-0.25, -0.2) is 0 Å². The molecule has 0 spiro atoms. The fourth-order valence-electron chi connectivity index (χ4n) is 4.61. The maximum atomic E-state index is 12.9. The van der Waals surface area contributed by atoms with Crippen LogP contribution < -0.4 is 4.90 Å². The Morgan fingerprint density at radius 1 is 0.906 bits per heavy atom. The van der Waals surface area contributed by atoms with Gasteiger partial charge in [0.05, 0.1) is 18.2 Å². The molecule has 2 aromatic rings. The van der Waals surface area contributed by atoms with Gasteiger partial charge < -0.3 is 9.80 Å². The molecule has 0 saturated carbocycles. The topological polar surface area (TPSA) is 53.8 Å². The second-order valence-electron chi connectivity index (χ2n) is 8.92. The van der Waals surface area contributed by atoms with Crippen molar-refractivity contribution in [2.24, 2.45) is 0 Å². The molecule has 6 nitrogen and oxygen atoms in total. The average molecular weight is 432 g/mol. The van der Waals surface area contributed by atoms with Gasteiger partial charge in [-0.15, -0.1) is 0 Å². The van der Waals surface area contributed by atoms with Crippen LogP contribution in [0.1, 0.15) is 23.1 Å². The molecule has 168 valence electrons. The summed E-state index contributed by atoms with van der Waals surface area (Å²) in [6.45, 7) is 10.8. The van der Waals surface area contributed by atoms with Crippen molar-refractivity contribution in [2.75, 3.05) is 63.8 Å². The zero-order valence-corrected chi connectivity index (χ0v) is 19.0. The number of amides is 1. The number of rotatable bonds is 5. The molecule has 6 heteroatoms. The molecule has 2 aliphatic rings. The number of carbonyl (C=O) groups excluding carboxylic acids is 1. The van der Waals surface area contributed by atoms with Crippen LogP contribution in [-0.2, 0) is 11.3 Å². The zero-order chi connectivity index (χ0) is 22.3. The lowest BCUT2D eigenvalue weighted by Gasteiger charge is -2.37. The standard InChI is InChI=1S/C26H33N5O/c1-22-4-2-5-25(18-22)30-14-16-31(17-15-30)26(32)21-29-11-3-10-28(12-13-29)20-24-8-6-23(19-27)7-9-24/h2,4-9,18H,3,10-17,20-21H2,1H3. The van der Waals surface area contributed by atoms with Gasteiger partial charge in [0.15, 0.2) is 0 Å². The number of nitriles is 1. The summed E-state index contributed by atoms with van der Waals surface area (Å²) in [5.41, 5.74) is 4.47. The lowest BCUT2D eigenvalue weighted by atomic mass is 10.1. The van der Waals surface area contributed by atoms with Crippen LogP contribution in [0.15, 0.2) is 48.5 Å². The van der Waals surface area contributed by atoms with Crippen LogP contribution in [0.3, 0.4) is 0 Å². The largest absolute Gasteiger partial charge is 0.368 e. The monoisotopic (exact) mass is 431 g/mol. The Kier molecular flexibility index (Phi) is 7.41. The minimum Gasteiger partial charge on any atom is -0.368 e. The number of aryl methyl sites for hydroxylation is 1. The van der Waals surface area contributed by atoms with Crippen LogP contribution >= 0.6 is 0 Å². The second kappa shape index (κ2) is 10.6. The Bertz CT molecular complexity index is 943. The van der Waals surface area contributed by atoms with E-state index in [2.05, 4.69) is 52.0 Å². The van der Waals surface area contributed by atoms with E-state index in [-0.39, 0.29) is 5.91 Å². The first-order chi connectivity index (χ1) is 15.6. The van der Waals surface area contributed by atoms with Crippen molar-refractivity contribution >= 4 is 11.6 Å². The van der Waals surface area contributed by atoms with Crippen molar-refractivity contribution in [1.29, 1.82) is 5.26 Å². The van der Waals surface area contributed by atoms with E-state index in [9.17, 15) is 4.79 Å². The first-order valence-electron chi connectivity index (χ1n) is 11.6. The third kappa shape index (κ3) is 5.87. The van der Waals surface area contributed by atoms with Crippen molar-refractivity contribution in [3.8, 4) is 6.07 Å². The van der Waals surface area contributed by atoms with E-state index in [0.717, 1.165) is 65.3 Å². The molecule has 0 atom stereocenters. The molecule has 0 aliphatic carbocycles. The van der Waals surface area contributed by atoms with Crippen molar-refractivity contribution in [2.45, 2.75) is 19.9 Å². The number of piperazine rings is 1. The predicted molar refractivity (Wildman–Crippen MR) is 127 cm³/mol. The quantitative estimate of drug-likeness (QED) is 0.729. The van der Waals surface area contributed by atoms with Crippen LogP contribution in [0.4, 0.5) is 5.69 Å². The zero-order valence-electron chi connectivity index (χ0n) is 19.0. The molecule has 2 heterocycles. The van der Waals surface area contributed by atoms with E-state index in [1.54, 1.807) is 0 Å². The Balaban J connectivity index is 1.22. The minimum atomic E-state index is 0.259. The summed E-state index contributed by atoms with van der Waals surface area (Å²) in [6.07, 6.45) is 1.07. The van der Waals surface area contributed by atoms with E-state index in [1.165, 1.54) is 16.8 Å². The number of anilines is 1. The highest BCUT2D eigenvalue weighted by Crippen LogP contribution is 2.18. The Hall–Kier alpha value is -2.88. The van der Waals surface area contributed by atoms with Crippen molar-refractivity contribution < 1.29 is 4.79 Å². The first kappa shape index (κ1) is 22.3. The normalized spacial score (nSPS) is 18.2. The highest BCUT2D eigenvalue weighted by atomic mass is 16.2. The summed E-state index contributed by atoms with van der Waals surface area (Å²) in [7, 11) is 0. The smallest absolute Gasteiger partial charge is 0.236 e. The molecule has 0 bridgehead atoms. The van der Waals surface area contributed by atoms with Gasteiger partial charge in [-0.2, -0.15) is 5.26 Å². The number of hydrogen-bond donors (Lipinski definition) is 0. The van der Waals surface area contributed by atoms with Gasteiger partial charge in [0.1, 0.15) is 0 Å². The van der Waals surface area contributed by atoms with Crippen LogP contribution in [0.25, 0.3) is 0 Å². The summed E-state index contributed by atoms with van der Waals surface area (Å²) in [6, 6.07) is 18.6. The summed E-state index contributed by atoms with van der Waals surface area (Å²) in [4.78, 5) is 22.1. The minimum absolute atomic E-state index is 0.259. The summed E-state index contributed by atoms with van der Waals surface area (Å²) >= 11 is 0. The predicted octanol–water partition coefficient (Wildman–Crippen LogP) is 2.72. The Labute approximate surface area is 191 Å². The van der Waals surface area contributed by atoms with Gasteiger partial charge in [-0.1, -0.05) is 24.3 Å². The number of hydrogen-bond acceptors (Lipinski definition) is 5. The highest BCUT2D eigenvalue weighted by Gasteiger charge is 2.24. The maximum absolute atomic E-state index is 12.9. The third-order valence-corrected chi connectivity index (χ3v) is 6.53. The molecule has 0 N–H and O–H groups in total. The molecule has 0 radical (unpaired) electrons. The van der Waals surface area contributed by atoms with Crippen LogP contribution in [0.5, 0.6) is 0 Å². The van der Waals surface area contributed by atoms with Gasteiger partial charge in [-0.05, 0) is 61.8 Å². The molecule has 2 aliphatic heterocycles. The lowest BCUT2D eigenvalue weighted by molar-refractivity contribution is -0.132. The van der Waals surface area contributed by atoms with E-state index in [0.29, 0.717) is 12.1 Å². The van der Waals surface area contributed by atoms with Crippen molar-refractivity contribution in [1.82, 2.24) is 14.7 Å². The second-order valence-corrected chi connectivity index (χ2v) is 8.92. The molecule has 0 aromatic heterocycles. The Morgan fingerprint density at radius 3 is 2.34 bits per heavy atom. The summed E-state index contributed by atoms with van der Waals surface area (Å²) < 4.78 is 0. The first-order valence-corrected chi connectivity index (χ1v) is 11.6. The summed E-state index contributed by atoms with van der Waals surface area (Å²) in [5, 5.41) is 8.96. The maximum Gasteiger partial charge on any atom is 0.236 e. The molecule has 2 saturated heterocycles. The number of nitrogens with zero attached hydrogens (tertiary/aromatic N) is 5. The molecule has 2 aromatic carbocycles. The molecule has 4 rings (SSSR count).